The van der Waals surface area contributed by atoms with E-state index in [2.05, 4.69) is 4.18 Å². The van der Waals surface area contributed by atoms with Gasteiger partial charge in [0, 0.05) is 0 Å². The van der Waals surface area contributed by atoms with Crippen molar-refractivity contribution in [2.24, 2.45) is 0 Å². The van der Waals surface area contributed by atoms with Gasteiger partial charge in [0.15, 0.2) is 0 Å². The predicted octanol–water partition coefficient (Wildman–Crippen LogP) is 1.78. The molecule has 94 valence electrons. The van der Waals surface area contributed by atoms with Crippen LogP contribution in [-0.4, -0.2) is 21.5 Å². The molecule has 0 aliphatic heterocycles. The largest absolute Gasteiger partial charge is 0.740 e. The molecule has 0 aliphatic rings. The van der Waals surface area contributed by atoms with Gasteiger partial charge in [-0.05, 0) is 30.7 Å². The van der Waals surface area contributed by atoms with Gasteiger partial charge < -0.3 is 18.2 Å². The van der Waals surface area contributed by atoms with Gasteiger partial charge in [-0.15, -0.1) is 0 Å². The van der Waals surface area contributed by atoms with Crippen molar-refractivity contribution in [3.63, 3.8) is 0 Å². The summed E-state index contributed by atoms with van der Waals surface area (Å²) < 4.78 is 34.3. The average Bonchev–Trinajstić information content (AvgIpc) is 2.28. The summed E-state index contributed by atoms with van der Waals surface area (Å²) in [5.41, 5.74) is 0. The third kappa shape index (κ3) is 5.32. The summed E-state index contributed by atoms with van der Waals surface area (Å²) in [5, 5.41) is 0. The third-order valence-electron chi connectivity index (χ3n) is 1.61. The van der Waals surface area contributed by atoms with Gasteiger partial charge in [0.2, 0.25) is 0 Å². The molecular formula is C10H11O6S-. The first kappa shape index (κ1) is 13.5. The average molecular weight is 259 g/mol. The minimum absolute atomic E-state index is 0.132. The molecule has 1 atom stereocenters. The zero-order valence-electron chi connectivity index (χ0n) is 9.08. The van der Waals surface area contributed by atoms with E-state index in [1.807, 2.05) is 6.92 Å². The normalized spacial score (nSPS) is 11.6. The van der Waals surface area contributed by atoms with Crippen LogP contribution >= 0.6 is 0 Å². The van der Waals surface area contributed by atoms with E-state index in [9.17, 15) is 13.6 Å². The first-order valence-electron chi connectivity index (χ1n) is 4.84. The molecule has 0 amide bonds. The highest BCUT2D eigenvalue weighted by molar-refractivity contribution is 7.74. The van der Waals surface area contributed by atoms with Crippen molar-refractivity contribution >= 4 is 17.5 Å². The van der Waals surface area contributed by atoms with Gasteiger partial charge >= 0.3 is 6.16 Å². The van der Waals surface area contributed by atoms with Crippen LogP contribution in [0, 0.1) is 0 Å². The number of hydrogen-bond acceptors (Lipinski definition) is 6. The second-order valence-corrected chi connectivity index (χ2v) is 3.53. The van der Waals surface area contributed by atoms with Crippen LogP contribution in [0.15, 0.2) is 24.3 Å². The summed E-state index contributed by atoms with van der Waals surface area (Å²) in [6.07, 6.45) is -0.0927. The molecule has 0 aromatic heterocycles. The predicted molar refractivity (Wildman–Crippen MR) is 58.3 cm³/mol. The highest BCUT2D eigenvalue weighted by atomic mass is 32.2. The van der Waals surface area contributed by atoms with E-state index in [1.54, 1.807) is 0 Å². The molecular weight excluding hydrogens is 248 g/mol. The van der Waals surface area contributed by atoms with E-state index < -0.39 is 17.5 Å². The molecule has 1 unspecified atom stereocenters. The van der Waals surface area contributed by atoms with Crippen molar-refractivity contribution in [2.75, 3.05) is 6.61 Å². The van der Waals surface area contributed by atoms with E-state index in [0.717, 1.165) is 0 Å². The smallest absolute Gasteiger partial charge is 0.513 e. The lowest BCUT2D eigenvalue weighted by atomic mass is 10.3. The van der Waals surface area contributed by atoms with Gasteiger partial charge in [-0.1, -0.05) is 6.92 Å². The Bertz CT molecular complexity index is 388. The molecule has 7 heteroatoms. The summed E-state index contributed by atoms with van der Waals surface area (Å²) in [6, 6.07) is 5.52. The maximum Gasteiger partial charge on any atom is 0.513 e. The first-order valence-corrected chi connectivity index (χ1v) is 5.84. The van der Waals surface area contributed by atoms with Crippen molar-refractivity contribution in [3.8, 4) is 11.5 Å². The van der Waals surface area contributed by atoms with Gasteiger partial charge in [0.05, 0.1) is 6.61 Å². The lowest BCUT2D eigenvalue weighted by Crippen LogP contribution is -2.10. The fourth-order valence-electron chi connectivity index (χ4n) is 0.953. The molecule has 0 radical (unpaired) electrons. The molecule has 0 saturated carbocycles. The summed E-state index contributed by atoms with van der Waals surface area (Å²) in [6.45, 7) is 2.15. The molecule has 17 heavy (non-hydrogen) atoms. The first-order chi connectivity index (χ1) is 8.11. The fraction of sp³-hybridized carbons (Fsp3) is 0.300. The van der Waals surface area contributed by atoms with E-state index in [4.69, 9.17) is 9.47 Å². The Morgan fingerprint density at radius 3 is 2.41 bits per heavy atom. The van der Waals surface area contributed by atoms with Crippen molar-refractivity contribution in [2.45, 2.75) is 13.3 Å². The molecule has 0 N–H and O–H groups in total. The SMILES string of the molecule is CCCOC(=O)Oc1ccc(OS(=O)[O-])cc1. The van der Waals surface area contributed by atoms with Crippen molar-refractivity contribution in [1.82, 2.24) is 0 Å². The lowest BCUT2D eigenvalue weighted by Gasteiger charge is -2.08. The maximum atomic E-state index is 11.1. The molecule has 1 rings (SSSR count). The van der Waals surface area contributed by atoms with Crippen molar-refractivity contribution in [1.29, 1.82) is 0 Å². The monoisotopic (exact) mass is 259 g/mol. The second kappa shape index (κ2) is 6.87. The number of rotatable bonds is 5. The van der Waals surface area contributed by atoms with Crippen molar-refractivity contribution < 1.29 is 27.2 Å². The lowest BCUT2D eigenvalue weighted by molar-refractivity contribution is 0.0991. The minimum atomic E-state index is -2.62. The third-order valence-corrected chi connectivity index (χ3v) is 1.94. The van der Waals surface area contributed by atoms with E-state index >= 15 is 0 Å². The molecule has 0 saturated heterocycles. The summed E-state index contributed by atoms with van der Waals surface area (Å²) >= 11 is -2.62. The molecule has 0 fully saturated rings. The Balaban J connectivity index is 2.50. The van der Waals surface area contributed by atoms with Crippen molar-refractivity contribution in [3.05, 3.63) is 24.3 Å². The molecule has 1 aromatic carbocycles. The Hall–Kier alpha value is -1.60. The molecule has 6 nitrogen and oxygen atoms in total. The summed E-state index contributed by atoms with van der Waals surface area (Å²) in [7, 11) is 0. The Morgan fingerprint density at radius 1 is 1.29 bits per heavy atom. The highest BCUT2D eigenvalue weighted by Crippen LogP contribution is 2.18. The fourth-order valence-corrected chi connectivity index (χ4v) is 1.22. The molecule has 0 bridgehead atoms. The topological polar surface area (TPSA) is 84.9 Å². The van der Waals surface area contributed by atoms with Gasteiger partial charge in [0.1, 0.15) is 22.9 Å². The van der Waals surface area contributed by atoms with Crippen LogP contribution in [0.3, 0.4) is 0 Å². The Morgan fingerprint density at radius 2 is 1.88 bits per heavy atom. The number of ether oxygens (including phenoxy) is 2. The Kier molecular flexibility index (Phi) is 5.44. The number of hydrogen-bond donors (Lipinski definition) is 0. The van der Waals surface area contributed by atoms with Crippen LogP contribution < -0.4 is 8.92 Å². The minimum Gasteiger partial charge on any atom is -0.740 e. The van der Waals surface area contributed by atoms with E-state index in [-0.39, 0.29) is 18.1 Å². The van der Waals surface area contributed by atoms with Crippen LogP contribution in [0.5, 0.6) is 11.5 Å². The van der Waals surface area contributed by atoms with Crippen LogP contribution in [0.1, 0.15) is 13.3 Å². The number of benzene rings is 1. The summed E-state index contributed by atoms with van der Waals surface area (Å²) in [5.74, 6) is 0.378. The van der Waals surface area contributed by atoms with Gasteiger partial charge in [0.25, 0.3) is 0 Å². The zero-order valence-corrected chi connectivity index (χ0v) is 9.90. The standard InChI is InChI=1S/C10H12O6S/c1-2-7-14-10(11)15-8-3-5-9(6-4-8)16-17(12)13/h3-6H,2,7H2,1H3,(H,12,13)/p-1. The Labute approximate surface area is 101 Å². The number of carbonyl (C=O) groups excluding carboxylic acids is 1. The van der Waals surface area contributed by atoms with E-state index in [1.165, 1.54) is 24.3 Å². The highest BCUT2D eigenvalue weighted by Gasteiger charge is 2.05. The van der Waals surface area contributed by atoms with Crippen LogP contribution in [0.2, 0.25) is 0 Å². The second-order valence-electron chi connectivity index (χ2n) is 2.96. The molecule has 0 aliphatic carbocycles. The quantitative estimate of drug-likeness (QED) is 0.455. The molecule has 0 heterocycles. The zero-order chi connectivity index (χ0) is 12.7. The van der Waals surface area contributed by atoms with Gasteiger partial charge in [-0.25, -0.2) is 9.00 Å². The van der Waals surface area contributed by atoms with Crippen LogP contribution in [0.4, 0.5) is 4.79 Å². The van der Waals surface area contributed by atoms with Gasteiger partial charge in [-0.2, -0.15) is 0 Å². The maximum absolute atomic E-state index is 11.1. The summed E-state index contributed by atoms with van der Waals surface area (Å²) in [4.78, 5) is 11.1. The number of carbonyl (C=O) groups is 1. The van der Waals surface area contributed by atoms with Gasteiger partial charge in [-0.3, -0.25) is 0 Å². The van der Waals surface area contributed by atoms with Crippen LogP contribution in [0.25, 0.3) is 0 Å². The molecule has 0 spiro atoms. The molecule has 1 aromatic rings. The van der Waals surface area contributed by atoms with E-state index in [0.29, 0.717) is 6.42 Å². The van der Waals surface area contributed by atoms with Crippen LogP contribution in [-0.2, 0) is 16.1 Å².